The van der Waals surface area contributed by atoms with Gasteiger partial charge in [-0.25, -0.2) is 0 Å². The highest BCUT2D eigenvalue weighted by Crippen LogP contribution is 2.37. The van der Waals surface area contributed by atoms with Crippen molar-refractivity contribution in [2.75, 3.05) is 12.4 Å². The molecule has 5 nitrogen and oxygen atoms in total. The van der Waals surface area contributed by atoms with E-state index in [1.807, 2.05) is 12.1 Å². The van der Waals surface area contributed by atoms with E-state index >= 15 is 0 Å². The smallest absolute Gasteiger partial charge is 0.260 e. The van der Waals surface area contributed by atoms with Crippen molar-refractivity contribution in [2.24, 2.45) is 0 Å². The lowest BCUT2D eigenvalue weighted by Crippen LogP contribution is -2.30. The van der Waals surface area contributed by atoms with Crippen molar-refractivity contribution in [1.82, 2.24) is 5.32 Å². The first-order valence-electron chi connectivity index (χ1n) is 8.11. The summed E-state index contributed by atoms with van der Waals surface area (Å²) in [5, 5.41) is 16.1. The second kappa shape index (κ2) is 7.93. The van der Waals surface area contributed by atoms with Crippen LogP contribution in [0.5, 0.6) is 11.5 Å². The number of ether oxygens (including phenoxy) is 1. The van der Waals surface area contributed by atoms with Crippen molar-refractivity contribution >= 4 is 41.0 Å². The van der Waals surface area contributed by atoms with E-state index in [1.54, 1.807) is 18.2 Å². The second-order valence-electron chi connectivity index (χ2n) is 5.73. The molecule has 1 aliphatic rings. The molecule has 1 atom stereocenters. The summed E-state index contributed by atoms with van der Waals surface area (Å²) in [5.41, 5.74) is 2.62. The van der Waals surface area contributed by atoms with Gasteiger partial charge in [-0.15, -0.1) is 0 Å². The number of hydrogen-bond donors (Lipinski definition) is 3. The van der Waals surface area contributed by atoms with Gasteiger partial charge in [0, 0.05) is 5.69 Å². The molecule has 0 aromatic heterocycles. The van der Waals surface area contributed by atoms with Gasteiger partial charge in [-0.1, -0.05) is 42.4 Å². The van der Waals surface area contributed by atoms with Gasteiger partial charge in [0.15, 0.2) is 17.0 Å². The van der Waals surface area contributed by atoms with E-state index in [1.165, 1.54) is 24.4 Å². The molecule has 26 heavy (non-hydrogen) atoms. The fourth-order valence-electron chi connectivity index (χ4n) is 2.54. The molecule has 1 aliphatic heterocycles. The molecule has 2 aromatic carbocycles. The van der Waals surface area contributed by atoms with Crippen LogP contribution in [0.2, 0.25) is 5.02 Å². The zero-order valence-electron chi connectivity index (χ0n) is 14.4. The Morgan fingerprint density at radius 3 is 2.73 bits per heavy atom. The average molecular weight is 391 g/mol. The Balaban J connectivity index is 1.75. The number of phenols is 1. The number of phenolic OH excluding ortho intramolecular Hbond substituents is 1. The highest BCUT2D eigenvalue weighted by atomic mass is 35.5. The molecule has 1 amide bonds. The van der Waals surface area contributed by atoms with E-state index in [4.69, 9.17) is 16.3 Å². The number of hydrogen-bond acceptors (Lipinski definition) is 5. The van der Waals surface area contributed by atoms with Gasteiger partial charge in [-0.3, -0.25) is 4.79 Å². The Kier molecular flexibility index (Phi) is 5.64. The Bertz CT molecular complexity index is 853. The van der Waals surface area contributed by atoms with Crippen LogP contribution in [-0.4, -0.2) is 23.6 Å². The number of nitrogens with one attached hydrogen (secondary N) is 2. The first-order chi connectivity index (χ1) is 12.5. The van der Waals surface area contributed by atoms with E-state index in [0.29, 0.717) is 10.5 Å². The Morgan fingerprint density at radius 2 is 2.08 bits per heavy atom. The number of carbonyl (C=O) groups excluding carboxylic acids is 1. The number of aromatic hydroxyl groups is 1. The van der Waals surface area contributed by atoms with Crippen molar-refractivity contribution in [3.63, 3.8) is 0 Å². The first-order valence-corrected chi connectivity index (χ1v) is 9.37. The largest absolute Gasteiger partial charge is 0.503 e. The van der Waals surface area contributed by atoms with Gasteiger partial charge in [0.25, 0.3) is 5.91 Å². The van der Waals surface area contributed by atoms with Crippen LogP contribution in [-0.2, 0) is 11.2 Å². The van der Waals surface area contributed by atoms with Crippen molar-refractivity contribution in [3.05, 3.63) is 57.5 Å². The summed E-state index contributed by atoms with van der Waals surface area (Å²) in [6, 6.07) is 11.3. The number of carbonyl (C=O) groups is 1. The number of benzene rings is 2. The first kappa shape index (κ1) is 18.5. The van der Waals surface area contributed by atoms with Crippen molar-refractivity contribution in [3.8, 4) is 11.5 Å². The summed E-state index contributed by atoms with van der Waals surface area (Å²) < 4.78 is 5.09. The van der Waals surface area contributed by atoms with E-state index in [2.05, 4.69) is 29.7 Å². The number of methoxy groups -OCH3 is 1. The predicted molar refractivity (Wildman–Crippen MR) is 107 cm³/mol. The summed E-state index contributed by atoms with van der Waals surface area (Å²) in [5.74, 6) is -0.0193. The van der Waals surface area contributed by atoms with E-state index in [0.717, 1.165) is 12.1 Å². The molecule has 2 aromatic rings. The summed E-state index contributed by atoms with van der Waals surface area (Å²) in [6.07, 6.45) is 2.70. The highest BCUT2D eigenvalue weighted by Gasteiger charge is 2.27. The van der Waals surface area contributed by atoms with E-state index in [-0.39, 0.29) is 27.9 Å². The van der Waals surface area contributed by atoms with Crippen molar-refractivity contribution in [2.45, 2.75) is 18.8 Å². The van der Waals surface area contributed by atoms with Gasteiger partial charge in [0.1, 0.15) is 0 Å². The number of amides is 1. The minimum absolute atomic E-state index is 0.116. The quantitative estimate of drug-likeness (QED) is 0.667. The molecule has 0 spiro atoms. The van der Waals surface area contributed by atoms with Gasteiger partial charge >= 0.3 is 0 Å². The van der Waals surface area contributed by atoms with Gasteiger partial charge < -0.3 is 20.5 Å². The molecular weight excluding hydrogens is 372 g/mol. The minimum atomic E-state index is -0.254. The molecule has 0 unspecified atom stereocenters. The average Bonchev–Trinajstić information content (AvgIpc) is 2.97. The lowest BCUT2D eigenvalue weighted by molar-refractivity contribution is -0.116. The van der Waals surface area contributed by atoms with Gasteiger partial charge in [0.2, 0.25) is 0 Å². The molecule has 3 rings (SSSR count). The van der Waals surface area contributed by atoms with Gasteiger partial charge in [-0.2, -0.15) is 0 Å². The maximum Gasteiger partial charge on any atom is 0.260 e. The molecule has 1 heterocycles. The third kappa shape index (κ3) is 4.08. The normalized spacial score (nSPS) is 18.0. The Labute approximate surface area is 161 Å². The number of thioether (sulfide) groups is 1. The van der Waals surface area contributed by atoms with E-state index in [9.17, 15) is 9.90 Å². The monoisotopic (exact) mass is 390 g/mol. The highest BCUT2D eigenvalue weighted by molar-refractivity contribution is 8.05. The molecule has 0 radical (unpaired) electrons. The van der Waals surface area contributed by atoms with Crippen LogP contribution in [0.15, 0.2) is 41.3 Å². The van der Waals surface area contributed by atoms with Crippen LogP contribution in [0.3, 0.4) is 0 Å². The Morgan fingerprint density at radius 1 is 1.35 bits per heavy atom. The maximum atomic E-state index is 12.2. The maximum absolute atomic E-state index is 12.2. The third-order valence-electron chi connectivity index (χ3n) is 3.96. The third-order valence-corrected chi connectivity index (χ3v) is 5.28. The van der Waals surface area contributed by atoms with E-state index < -0.39 is 0 Å². The van der Waals surface area contributed by atoms with Crippen molar-refractivity contribution in [1.29, 1.82) is 0 Å². The molecule has 1 fully saturated rings. The molecule has 3 N–H and O–H groups in total. The summed E-state index contributed by atoms with van der Waals surface area (Å²) in [4.78, 5) is 12.8. The van der Waals surface area contributed by atoms with Gasteiger partial charge in [0.05, 0.1) is 17.0 Å². The summed E-state index contributed by atoms with van der Waals surface area (Å²) in [7, 11) is 1.45. The fourth-order valence-corrected chi connectivity index (χ4v) is 3.74. The number of anilines is 1. The fraction of sp³-hybridized carbons (Fsp3) is 0.211. The topological polar surface area (TPSA) is 70.6 Å². The molecule has 7 heteroatoms. The summed E-state index contributed by atoms with van der Waals surface area (Å²) >= 11 is 7.39. The predicted octanol–water partition coefficient (Wildman–Crippen LogP) is 4.22. The molecule has 0 aliphatic carbocycles. The Hall–Kier alpha value is -2.31. The number of halogens is 1. The van der Waals surface area contributed by atoms with Crippen molar-refractivity contribution < 1.29 is 14.6 Å². The van der Waals surface area contributed by atoms with Crippen LogP contribution in [0.1, 0.15) is 18.1 Å². The number of aryl methyl sites for hydroxylation is 1. The molecule has 0 bridgehead atoms. The number of rotatable bonds is 5. The minimum Gasteiger partial charge on any atom is -0.503 e. The van der Waals surface area contributed by atoms with Crippen LogP contribution < -0.4 is 15.4 Å². The molecule has 0 saturated carbocycles. The molecule has 136 valence electrons. The van der Waals surface area contributed by atoms with Crippen LogP contribution in [0, 0.1) is 0 Å². The SMILES string of the molecule is CCc1ccc(N[C@H]2NC(=O)/C(=C/c3cc(Cl)c(O)c(OC)c3)S2)cc1. The standard InChI is InChI=1S/C19H19ClN2O3S/c1-3-11-4-6-13(7-5-11)21-19-22-18(24)16(26-19)10-12-8-14(20)17(23)15(9-12)25-2/h4-10,19,21,23H,3H2,1-2H3,(H,22,24)/b16-10-/t19-/m0/s1. The lowest BCUT2D eigenvalue weighted by Gasteiger charge is -2.12. The summed E-state index contributed by atoms with van der Waals surface area (Å²) in [6.45, 7) is 2.11. The van der Waals surface area contributed by atoms with Gasteiger partial charge in [-0.05, 0) is 47.9 Å². The zero-order chi connectivity index (χ0) is 18.7. The molecular formula is C19H19ClN2O3S. The van der Waals surface area contributed by atoms with Crippen LogP contribution in [0.25, 0.3) is 6.08 Å². The second-order valence-corrected chi connectivity index (χ2v) is 7.28. The molecule has 1 saturated heterocycles. The van der Waals surface area contributed by atoms with Crippen LogP contribution >= 0.6 is 23.4 Å². The zero-order valence-corrected chi connectivity index (χ0v) is 15.9. The van der Waals surface area contributed by atoms with Crippen LogP contribution in [0.4, 0.5) is 5.69 Å². The lowest BCUT2D eigenvalue weighted by atomic mass is 10.1.